The van der Waals surface area contributed by atoms with E-state index < -0.39 is 11.9 Å². The fraction of sp³-hybridized carbons (Fsp3) is 0.381. The zero-order valence-electron chi connectivity index (χ0n) is 28.9. The van der Waals surface area contributed by atoms with Crippen molar-refractivity contribution in [2.24, 2.45) is 0 Å². The molecule has 8 heteroatoms. The SMILES string of the molecule is O=C(Oc1ccc(-c2ccc(OC(=O)c3ccc(OCCCCCCCCO)cc3)cc2)cc1)c1ccc(OCCCCCCCCO)cc1. The number of carbonyl (C=O) groups excluding carboxylic acids is 2. The second-order valence-electron chi connectivity index (χ2n) is 12.3. The van der Waals surface area contributed by atoms with E-state index in [0.29, 0.717) is 35.8 Å². The van der Waals surface area contributed by atoms with Gasteiger partial charge in [0.2, 0.25) is 0 Å². The minimum absolute atomic E-state index is 0.265. The van der Waals surface area contributed by atoms with E-state index in [4.69, 9.17) is 29.2 Å². The molecule has 0 amide bonds. The summed E-state index contributed by atoms with van der Waals surface area (Å²) >= 11 is 0. The van der Waals surface area contributed by atoms with E-state index in [2.05, 4.69) is 0 Å². The number of esters is 2. The average Bonchev–Trinajstić information content (AvgIpc) is 3.15. The van der Waals surface area contributed by atoms with Crippen molar-refractivity contribution in [3.05, 3.63) is 108 Å². The number of unbranched alkanes of at least 4 members (excludes halogenated alkanes) is 10. The molecule has 0 aliphatic carbocycles. The molecule has 50 heavy (non-hydrogen) atoms. The predicted molar refractivity (Wildman–Crippen MR) is 195 cm³/mol. The van der Waals surface area contributed by atoms with Gasteiger partial charge in [-0.05, 0) is 110 Å². The van der Waals surface area contributed by atoms with Gasteiger partial charge in [-0.1, -0.05) is 75.6 Å². The van der Waals surface area contributed by atoms with E-state index in [1.54, 1.807) is 72.8 Å². The van der Waals surface area contributed by atoms with Crippen LogP contribution in [-0.4, -0.2) is 48.6 Å². The van der Waals surface area contributed by atoms with Crippen molar-refractivity contribution in [3.8, 4) is 34.1 Å². The largest absolute Gasteiger partial charge is 0.494 e. The average molecular weight is 683 g/mol. The monoisotopic (exact) mass is 682 g/mol. The zero-order chi connectivity index (χ0) is 35.2. The van der Waals surface area contributed by atoms with Gasteiger partial charge >= 0.3 is 11.9 Å². The highest BCUT2D eigenvalue weighted by Gasteiger charge is 2.11. The Hall–Kier alpha value is -4.66. The molecule has 2 N–H and O–H groups in total. The normalized spacial score (nSPS) is 10.8. The van der Waals surface area contributed by atoms with Gasteiger partial charge in [0.15, 0.2) is 0 Å². The van der Waals surface area contributed by atoms with E-state index in [0.717, 1.165) is 99.7 Å². The molecule has 0 saturated heterocycles. The zero-order valence-corrected chi connectivity index (χ0v) is 28.9. The van der Waals surface area contributed by atoms with E-state index in [-0.39, 0.29) is 13.2 Å². The van der Waals surface area contributed by atoms with Gasteiger partial charge < -0.3 is 29.2 Å². The lowest BCUT2D eigenvalue weighted by Crippen LogP contribution is -2.08. The lowest BCUT2D eigenvalue weighted by Gasteiger charge is -2.09. The second kappa shape index (κ2) is 22.1. The van der Waals surface area contributed by atoms with Crippen molar-refractivity contribution in [3.63, 3.8) is 0 Å². The third-order valence-corrected chi connectivity index (χ3v) is 8.29. The summed E-state index contributed by atoms with van der Waals surface area (Å²) in [7, 11) is 0. The van der Waals surface area contributed by atoms with Crippen LogP contribution in [0, 0.1) is 0 Å². The fourth-order valence-electron chi connectivity index (χ4n) is 5.36. The molecule has 0 spiro atoms. The van der Waals surface area contributed by atoms with Crippen LogP contribution < -0.4 is 18.9 Å². The van der Waals surface area contributed by atoms with Gasteiger partial charge in [-0.15, -0.1) is 0 Å². The number of hydrogen-bond donors (Lipinski definition) is 2. The van der Waals surface area contributed by atoms with Gasteiger partial charge in [0, 0.05) is 13.2 Å². The van der Waals surface area contributed by atoms with Crippen molar-refractivity contribution in [2.45, 2.75) is 77.0 Å². The van der Waals surface area contributed by atoms with Gasteiger partial charge in [0.05, 0.1) is 24.3 Å². The van der Waals surface area contributed by atoms with Crippen LogP contribution in [0.3, 0.4) is 0 Å². The Morgan fingerprint density at radius 1 is 0.380 bits per heavy atom. The number of aliphatic hydroxyl groups excluding tert-OH is 2. The van der Waals surface area contributed by atoms with Gasteiger partial charge in [-0.3, -0.25) is 0 Å². The Morgan fingerprint density at radius 2 is 0.680 bits per heavy atom. The molecule has 0 heterocycles. The molecule has 0 unspecified atom stereocenters. The van der Waals surface area contributed by atoms with Crippen LogP contribution >= 0.6 is 0 Å². The molecule has 4 aromatic carbocycles. The van der Waals surface area contributed by atoms with E-state index in [9.17, 15) is 9.59 Å². The van der Waals surface area contributed by atoms with Crippen LogP contribution in [0.4, 0.5) is 0 Å². The van der Waals surface area contributed by atoms with Gasteiger partial charge in [0.1, 0.15) is 23.0 Å². The van der Waals surface area contributed by atoms with Gasteiger partial charge in [-0.2, -0.15) is 0 Å². The lowest BCUT2D eigenvalue weighted by molar-refractivity contribution is 0.0725. The summed E-state index contributed by atoms with van der Waals surface area (Å²) in [6.07, 6.45) is 12.6. The summed E-state index contributed by atoms with van der Waals surface area (Å²) in [6.45, 7) is 1.79. The predicted octanol–water partition coefficient (Wildman–Crippen LogP) is 9.22. The van der Waals surface area contributed by atoms with E-state index >= 15 is 0 Å². The molecule has 4 aromatic rings. The van der Waals surface area contributed by atoms with Crippen LogP contribution in [0.2, 0.25) is 0 Å². The molecule has 0 aliphatic heterocycles. The standard InChI is InChI=1S/C42H50O8/c43-29-9-5-1-3-7-11-31-47-37-21-17-35(18-22-37)41(45)49-39-25-13-33(14-26-39)34-15-27-40(28-16-34)50-42(46)36-19-23-38(24-20-36)48-32-12-8-4-2-6-10-30-44/h13-28,43-44H,1-12,29-32H2. The molecular weight excluding hydrogens is 632 g/mol. The Morgan fingerprint density at radius 3 is 1.02 bits per heavy atom. The summed E-state index contributed by atoms with van der Waals surface area (Å²) in [4.78, 5) is 25.4. The fourth-order valence-corrected chi connectivity index (χ4v) is 5.36. The van der Waals surface area contributed by atoms with Crippen LogP contribution in [0.5, 0.6) is 23.0 Å². The molecule has 0 saturated carbocycles. The second-order valence-corrected chi connectivity index (χ2v) is 12.3. The third-order valence-electron chi connectivity index (χ3n) is 8.29. The summed E-state index contributed by atoms with van der Waals surface area (Å²) in [6, 6.07) is 28.4. The maximum absolute atomic E-state index is 12.7. The summed E-state index contributed by atoms with van der Waals surface area (Å²) in [5, 5.41) is 17.7. The lowest BCUT2D eigenvalue weighted by atomic mass is 10.1. The Balaban J connectivity index is 1.16. The molecule has 0 aliphatic rings. The molecular formula is C42H50O8. The topological polar surface area (TPSA) is 112 Å². The summed E-state index contributed by atoms with van der Waals surface area (Å²) in [5.74, 6) is 1.41. The minimum Gasteiger partial charge on any atom is -0.494 e. The number of ether oxygens (including phenoxy) is 4. The molecule has 0 bridgehead atoms. The van der Waals surface area contributed by atoms with Gasteiger partial charge in [0.25, 0.3) is 0 Å². The van der Waals surface area contributed by atoms with Gasteiger partial charge in [-0.25, -0.2) is 9.59 Å². The molecule has 8 nitrogen and oxygen atoms in total. The molecule has 4 rings (SSSR count). The first-order valence-electron chi connectivity index (χ1n) is 17.9. The molecule has 266 valence electrons. The maximum atomic E-state index is 12.7. The third kappa shape index (κ3) is 13.7. The first-order chi connectivity index (χ1) is 24.6. The van der Waals surface area contributed by atoms with Crippen molar-refractivity contribution < 1.29 is 38.7 Å². The molecule has 0 aromatic heterocycles. The maximum Gasteiger partial charge on any atom is 0.343 e. The Kier molecular flexibility index (Phi) is 16.9. The molecule has 0 fully saturated rings. The van der Waals surface area contributed by atoms with Crippen LogP contribution in [0.25, 0.3) is 11.1 Å². The van der Waals surface area contributed by atoms with E-state index in [1.165, 1.54) is 0 Å². The smallest absolute Gasteiger partial charge is 0.343 e. The number of hydrogen-bond acceptors (Lipinski definition) is 8. The van der Waals surface area contributed by atoms with E-state index in [1.807, 2.05) is 24.3 Å². The minimum atomic E-state index is -0.447. The van der Waals surface area contributed by atoms with Crippen molar-refractivity contribution >= 4 is 11.9 Å². The first-order valence-corrected chi connectivity index (χ1v) is 17.9. The van der Waals surface area contributed by atoms with Crippen LogP contribution in [0.1, 0.15) is 97.8 Å². The first kappa shape index (κ1) is 38.1. The highest BCUT2D eigenvalue weighted by atomic mass is 16.5. The number of rotatable bonds is 23. The Bertz CT molecular complexity index is 1410. The quantitative estimate of drug-likeness (QED) is 0.0453. The summed E-state index contributed by atoms with van der Waals surface area (Å²) in [5.41, 5.74) is 2.72. The molecule has 0 radical (unpaired) electrons. The highest BCUT2D eigenvalue weighted by Crippen LogP contribution is 2.26. The molecule has 0 atom stereocenters. The van der Waals surface area contributed by atoms with Crippen LogP contribution in [-0.2, 0) is 0 Å². The number of aliphatic hydroxyl groups is 2. The summed E-state index contributed by atoms with van der Waals surface area (Å²) < 4.78 is 22.7. The Labute approximate surface area is 296 Å². The number of benzene rings is 4. The highest BCUT2D eigenvalue weighted by molar-refractivity contribution is 5.92. The van der Waals surface area contributed by atoms with Crippen LogP contribution in [0.15, 0.2) is 97.1 Å². The van der Waals surface area contributed by atoms with Crippen molar-refractivity contribution in [1.82, 2.24) is 0 Å². The number of carbonyl (C=O) groups is 2. The van der Waals surface area contributed by atoms with Crippen molar-refractivity contribution in [1.29, 1.82) is 0 Å². The van der Waals surface area contributed by atoms with Crippen molar-refractivity contribution in [2.75, 3.05) is 26.4 Å².